The minimum Gasteiger partial charge on any atom is -0.467 e. The van der Waals surface area contributed by atoms with Crippen molar-refractivity contribution in [2.45, 2.75) is 32.4 Å². The van der Waals surface area contributed by atoms with E-state index in [2.05, 4.69) is 10.6 Å². The second-order valence-electron chi connectivity index (χ2n) is 5.76. The van der Waals surface area contributed by atoms with Gasteiger partial charge in [-0.25, -0.2) is 4.79 Å². The summed E-state index contributed by atoms with van der Waals surface area (Å²) in [7, 11) is 0. The standard InChI is InChI=1S/C18H18N2O5/c1-11(17(22)19-10-14-3-2-8-24-14)25-18(23)13-4-6-15-12(9-13)5-7-16(21)20-15/h2-4,6,8-9,11H,5,7,10H2,1H3,(H,19,22)(H,20,21)/t11-/m0/s1. The van der Waals surface area contributed by atoms with Gasteiger partial charge in [0.15, 0.2) is 6.10 Å². The van der Waals surface area contributed by atoms with E-state index < -0.39 is 18.0 Å². The van der Waals surface area contributed by atoms with Crippen LogP contribution in [0.4, 0.5) is 5.69 Å². The lowest BCUT2D eigenvalue weighted by atomic mass is 10.0. The zero-order valence-corrected chi connectivity index (χ0v) is 13.7. The lowest BCUT2D eigenvalue weighted by Gasteiger charge is -2.18. The summed E-state index contributed by atoms with van der Waals surface area (Å²) in [6.07, 6.45) is 1.54. The lowest BCUT2D eigenvalue weighted by molar-refractivity contribution is -0.129. The molecule has 2 heterocycles. The number of amides is 2. The molecule has 2 aromatic rings. The van der Waals surface area contributed by atoms with Crippen LogP contribution in [0.1, 0.15) is 35.0 Å². The Morgan fingerprint density at radius 2 is 2.16 bits per heavy atom. The molecule has 25 heavy (non-hydrogen) atoms. The number of esters is 1. The number of anilines is 1. The third-order valence-corrected chi connectivity index (χ3v) is 3.91. The van der Waals surface area contributed by atoms with E-state index in [1.807, 2.05) is 0 Å². The van der Waals surface area contributed by atoms with Crippen molar-refractivity contribution >= 4 is 23.5 Å². The predicted octanol–water partition coefficient (Wildman–Crippen LogP) is 2.03. The zero-order chi connectivity index (χ0) is 17.8. The topological polar surface area (TPSA) is 97.6 Å². The van der Waals surface area contributed by atoms with Crippen molar-refractivity contribution in [3.05, 3.63) is 53.5 Å². The third-order valence-electron chi connectivity index (χ3n) is 3.91. The third kappa shape index (κ3) is 4.06. The molecule has 7 nitrogen and oxygen atoms in total. The summed E-state index contributed by atoms with van der Waals surface area (Å²) in [6.45, 7) is 1.74. The van der Waals surface area contributed by atoms with E-state index >= 15 is 0 Å². The number of furan rings is 1. The van der Waals surface area contributed by atoms with Crippen LogP contribution >= 0.6 is 0 Å². The zero-order valence-electron chi connectivity index (χ0n) is 13.7. The molecule has 0 radical (unpaired) electrons. The summed E-state index contributed by atoms with van der Waals surface area (Å²) in [4.78, 5) is 35.6. The fourth-order valence-corrected chi connectivity index (χ4v) is 2.52. The molecule has 0 spiro atoms. The highest BCUT2D eigenvalue weighted by Gasteiger charge is 2.21. The molecular weight excluding hydrogens is 324 g/mol. The summed E-state index contributed by atoms with van der Waals surface area (Å²) < 4.78 is 10.3. The number of hydrogen-bond donors (Lipinski definition) is 2. The summed E-state index contributed by atoms with van der Waals surface area (Å²) in [5.41, 5.74) is 1.93. The smallest absolute Gasteiger partial charge is 0.338 e. The van der Waals surface area contributed by atoms with Crippen LogP contribution in [0.3, 0.4) is 0 Å². The van der Waals surface area contributed by atoms with E-state index in [1.165, 1.54) is 13.2 Å². The van der Waals surface area contributed by atoms with E-state index in [0.717, 1.165) is 5.56 Å². The van der Waals surface area contributed by atoms with E-state index in [-0.39, 0.29) is 12.5 Å². The Morgan fingerprint density at radius 3 is 2.92 bits per heavy atom. The molecule has 1 aliphatic rings. The molecule has 0 saturated heterocycles. The highest BCUT2D eigenvalue weighted by molar-refractivity contribution is 5.96. The van der Waals surface area contributed by atoms with Gasteiger partial charge in [-0.05, 0) is 49.2 Å². The van der Waals surface area contributed by atoms with Gasteiger partial charge in [0.1, 0.15) is 5.76 Å². The molecular formula is C18H18N2O5. The van der Waals surface area contributed by atoms with Gasteiger partial charge in [0.2, 0.25) is 5.91 Å². The van der Waals surface area contributed by atoms with Gasteiger partial charge < -0.3 is 19.8 Å². The van der Waals surface area contributed by atoms with Gasteiger partial charge in [0.25, 0.3) is 5.91 Å². The number of rotatable bonds is 5. The summed E-state index contributed by atoms with van der Waals surface area (Å²) >= 11 is 0. The van der Waals surface area contributed by atoms with E-state index in [4.69, 9.17) is 9.15 Å². The van der Waals surface area contributed by atoms with Gasteiger partial charge in [-0.1, -0.05) is 0 Å². The Balaban J connectivity index is 1.57. The van der Waals surface area contributed by atoms with Gasteiger partial charge in [0.05, 0.1) is 18.4 Å². The average Bonchev–Trinajstić information content (AvgIpc) is 3.12. The molecule has 2 N–H and O–H groups in total. The highest BCUT2D eigenvalue weighted by atomic mass is 16.5. The molecule has 1 aliphatic heterocycles. The molecule has 0 saturated carbocycles. The second kappa shape index (κ2) is 7.21. The van der Waals surface area contributed by atoms with Crippen molar-refractivity contribution in [3.63, 3.8) is 0 Å². The van der Waals surface area contributed by atoms with Crippen LogP contribution in [0.5, 0.6) is 0 Å². The first-order valence-electron chi connectivity index (χ1n) is 7.97. The van der Waals surface area contributed by atoms with Gasteiger partial charge in [-0.3, -0.25) is 9.59 Å². The molecule has 130 valence electrons. The number of ether oxygens (including phenoxy) is 1. The van der Waals surface area contributed by atoms with Crippen molar-refractivity contribution < 1.29 is 23.5 Å². The minimum atomic E-state index is -0.932. The second-order valence-corrected chi connectivity index (χ2v) is 5.76. The van der Waals surface area contributed by atoms with Crippen LogP contribution in [-0.2, 0) is 27.3 Å². The first-order chi connectivity index (χ1) is 12.0. The fraction of sp³-hybridized carbons (Fsp3) is 0.278. The normalized spacial score (nSPS) is 14.2. The molecule has 0 fully saturated rings. The molecule has 2 amide bonds. The Hall–Kier alpha value is -3.09. The number of carbonyl (C=O) groups is 3. The molecule has 1 atom stereocenters. The van der Waals surface area contributed by atoms with Crippen LogP contribution in [0, 0.1) is 0 Å². The largest absolute Gasteiger partial charge is 0.467 e. The summed E-state index contributed by atoms with van der Waals surface area (Å²) in [5.74, 6) is -0.413. The van der Waals surface area contributed by atoms with E-state index in [9.17, 15) is 14.4 Å². The van der Waals surface area contributed by atoms with Gasteiger partial charge in [-0.2, -0.15) is 0 Å². The monoisotopic (exact) mass is 342 g/mol. The summed E-state index contributed by atoms with van der Waals surface area (Å²) in [5, 5.41) is 5.39. The van der Waals surface area contributed by atoms with Crippen LogP contribution in [0.15, 0.2) is 41.0 Å². The first kappa shape index (κ1) is 16.8. The highest BCUT2D eigenvalue weighted by Crippen LogP contribution is 2.24. The molecule has 0 bridgehead atoms. The van der Waals surface area contributed by atoms with Crippen molar-refractivity contribution in [3.8, 4) is 0 Å². The van der Waals surface area contributed by atoms with Gasteiger partial charge in [-0.15, -0.1) is 0 Å². The van der Waals surface area contributed by atoms with Crippen LogP contribution < -0.4 is 10.6 Å². The van der Waals surface area contributed by atoms with Crippen LogP contribution in [0.25, 0.3) is 0 Å². The van der Waals surface area contributed by atoms with Crippen molar-refractivity contribution in [2.24, 2.45) is 0 Å². The summed E-state index contributed by atoms with van der Waals surface area (Å²) in [6, 6.07) is 8.39. The number of fused-ring (bicyclic) bond motifs is 1. The number of hydrogen-bond acceptors (Lipinski definition) is 5. The maximum atomic E-state index is 12.2. The number of aryl methyl sites for hydroxylation is 1. The SMILES string of the molecule is C[C@H](OC(=O)c1ccc2c(c1)CCC(=O)N2)C(=O)NCc1ccco1. The Bertz CT molecular complexity index is 798. The predicted molar refractivity (Wildman–Crippen MR) is 88.8 cm³/mol. The van der Waals surface area contributed by atoms with Crippen molar-refractivity contribution in [1.82, 2.24) is 5.32 Å². The Morgan fingerprint density at radius 1 is 1.32 bits per heavy atom. The molecule has 0 aliphatic carbocycles. The minimum absolute atomic E-state index is 0.0373. The molecule has 1 aromatic heterocycles. The van der Waals surface area contributed by atoms with Crippen LogP contribution in [0.2, 0.25) is 0 Å². The average molecular weight is 342 g/mol. The number of carbonyl (C=O) groups excluding carboxylic acids is 3. The Kier molecular flexibility index (Phi) is 4.83. The van der Waals surface area contributed by atoms with E-state index in [0.29, 0.717) is 29.9 Å². The van der Waals surface area contributed by atoms with Crippen LogP contribution in [-0.4, -0.2) is 23.9 Å². The molecule has 7 heteroatoms. The fourth-order valence-electron chi connectivity index (χ4n) is 2.52. The van der Waals surface area contributed by atoms with Gasteiger partial charge in [0, 0.05) is 12.1 Å². The lowest BCUT2D eigenvalue weighted by Crippen LogP contribution is -2.35. The van der Waals surface area contributed by atoms with E-state index in [1.54, 1.807) is 30.3 Å². The first-order valence-corrected chi connectivity index (χ1v) is 7.97. The number of nitrogens with one attached hydrogen (secondary N) is 2. The maximum Gasteiger partial charge on any atom is 0.338 e. The quantitative estimate of drug-likeness (QED) is 0.810. The molecule has 3 rings (SSSR count). The number of benzene rings is 1. The molecule has 1 aromatic carbocycles. The molecule has 0 unspecified atom stereocenters. The maximum absolute atomic E-state index is 12.2. The van der Waals surface area contributed by atoms with Crippen molar-refractivity contribution in [2.75, 3.05) is 5.32 Å². The Labute approximate surface area is 144 Å². The van der Waals surface area contributed by atoms with Gasteiger partial charge >= 0.3 is 5.97 Å². The van der Waals surface area contributed by atoms with Crippen molar-refractivity contribution in [1.29, 1.82) is 0 Å².